The number of methoxy groups -OCH3 is 1. The van der Waals surface area contributed by atoms with E-state index in [0.29, 0.717) is 11.4 Å². The van der Waals surface area contributed by atoms with Crippen molar-refractivity contribution in [2.75, 3.05) is 20.2 Å². The summed E-state index contributed by atoms with van der Waals surface area (Å²) < 4.78 is 36.7. The Morgan fingerprint density at radius 1 is 1.16 bits per heavy atom. The van der Waals surface area contributed by atoms with Crippen molar-refractivity contribution < 1.29 is 22.7 Å². The van der Waals surface area contributed by atoms with Crippen LogP contribution in [0.15, 0.2) is 47.4 Å². The number of sulfonamides is 1. The van der Waals surface area contributed by atoms with E-state index in [2.05, 4.69) is 9.72 Å². The van der Waals surface area contributed by atoms with E-state index in [-0.39, 0.29) is 24.1 Å². The van der Waals surface area contributed by atoms with Gasteiger partial charge >= 0.3 is 5.97 Å². The number of rotatable bonds is 5. The Labute approximate surface area is 146 Å². The molecule has 0 unspecified atom stereocenters. The lowest BCUT2D eigenvalue weighted by molar-refractivity contribution is 0.0600. The van der Waals surface area contributed by atoms with Crippen LogP contribution in [0.2, 0.25) is 0 Å². The van der Waals surface area contributed by atoms with E-state index in [1.54, 1.807) is 6.07 Å². The molecular weight excluding hydrogens is 344 g/mol. The number of aromatic nitrogens is 1. The molecule has 0 bridgehead atoms. The zero-order chi connectivity index (χ0) is 18.0. The number of ether oxygens (including phenoxy) is 2. The van der Waals surface area contributed by atoms with Crippen molar-refractivity contribution in [2.45, 2.75) is 17.9 Å². The van der Waals surface area contributed by atoms with Gasteiger partial charge in [0, 0.05) is 11.8 Å². The van der Waals surface area contributed by atoms with Crippen LogP contribution < -0.4 is 4.74 Å². The highest BCUT2D eigenvalue weighted by atomic mass is 32.2. The maximum Gasteiger partial charge on any atom is 0.337 e. The smallest absolute Gasteiger partial charge is 0.337 e. The lowest BCUT2D eigenvalue weighted by Crippen LogP contribution is -2.56. The summed E-state index contributed by atoms with van der Waals surface area (Å²) in [5.41, 5.74) is 1.14. The van der Waals surface area contributed by atoms with Crippen molar-refractivity contribution in [3.05, 3.63) is 53.7 Å². The molecule has 1 aliphatic rings. The maximum absolute atomic E-state index is 12.6. The molecule has 1 aromatic carbocycles. The molecule has 0 N–H and O–H groups in total. The number of hydrogen-bond acceptors (Lipinski definition) is 6. The van der Waals surface area contributed by atoms with Gasteiger partial charge in [-0.2, -0.15) is 4.31 Å². The van der Waals surface area contributed by atoms with Crippen molar-refractivity contribution in [1.29, 1.82) is 0 Å². The van der Waals surface area contributed by atoms with Gasteiger partial charge in [-0.05, 0) is 37.3 Å². The molecule has 0 saturated carbocycles. The summed E-state index contributed by atoms with van der Waals surface area (Å²) in [6.45, 7) is 2.38. The van der Waals surface area contributed by atoms with Crippen LogP contribution in [0.4, 0.5) is 0 Å². The number of carbonyl (C=O) groups is 1. The number of benzene rings is 1. The highest BCUT2D eigenvalue weighted by Crippen LogP contribution is 2.24. The summed E-state index contributed by atoms with van der Waals surface area (Å²) in [7, 11) is -2.33. The van der Waals surface area contributed by atoms with Crippen LogP contribution in [0, 0.1) is 6.92 Å². The second-order valence-corrected chi connectivity index (χ2v) is 7.63. The third-order valence-corrected chi connectivity index (χ3v) is 5.72. The average Bonchev–Trinajstić information content (AvgIpc) is 2.57. The Morgan fingerprint density at radius 2 is 1.84 bits per heavy atom. The van der Waals surface area contributed by atoms with Crippen LogP contribution in [0.3, 0.4) is 0 Å². The van der Waals surface area contributed by atoms with Gasteiger partial charge in [-0.1, -0.05) is 6.07 Å². The summed E-state index contributed by atoms with van der Waals surface area (Å²) in [6.07, 6.45) is -0.224. The van der Waals surface area contributed by atoms with Crippen LogP contribution in [-0.2, 0) is 14.8 Å². The Hall–Kier alpha value is -2.45. The van der Waals surface area contributed by atoms with Gasteiger partial charge < -0.3 is 9.47 Å². The summed E-state index contributed by atoms with van der Waals surface area (Å²) in [5, 5.41) is 0. The molecule has 1 saturated heterocycles. The second-order valence-electron chi connectivity index (χ2n) is 5.70. The number of aryl methyl sites for hydroxylation is 1. The first-order valence-electron chi connectivity index (χ1n) is 7.69. The minimum absolute atomic E-state index is 0.132. The third-order valence-electron chi connectivity index (χ3n) is 3.88. The quantitative estimate of drug-likeness (QED) is 0.752. The van der Waals surface area contributed by atoms with Crippen molar-refractivity contribution in [2.24, 2.45) is 0 Å². The monoisotopic (exact) mass is 362 g/mol. The summed E-state index contributed by atoms with van der Waals surface area (Å²) in [4.78, 5) is 15.8. The van der Waals surface area contributed by atoms with Crippen LogP contribution in [0.5, 0.6) is 5.88 Å². The second kappa shape index (κ2) is 6.81. The molecule has 25 heavy (non-hydrogen) atoms. The van der Waals surface area contributed by atoms with Crippen LogP contribution in [0.1, 0.15) is 16.1 Å². The SMILES string of the molecule is COC(=O)c1ccc(S(=O)(=O)N2CC(Oc3cccc(C)n3)C2)cc1. The third kappa shape index (κ3) is 3.64. The van der Waals surface area contributed by atoms with E-state index in [9.17, 15) is 13.2 Å². The zero-order valence-corrected chi connectivity index (χ0v) is 14.7. The first-order valence-corrected chi connectivity index (χ1v) is 9.13. The Kier molecular flexibility index (Phi) is 4.73. The number of nitrogens with zero attached hydrogens (tertiary/aromatic N) is 2. The highest BCUT2D eigenvalue weighted by Gasteiger charge is 2.38. The fourth-order valence-corrected chi connectivity index (χ4v) is 3.96. The van der Waals surface area contributed by atoms with Gasteiger partial charge in [-0.25, -0.2) is 18.2 Å². The van der Waals surface area contributed by atoms with Crippen molar-refractivity contribution in [3.63, 3.8) is 0 Å². The fourth-order valence-electron chi connectivity index (χ4n) is 2.46. The van der Waals surface area contributed by atoms with Crippen molar-refractivity contribution in [3.8, 4) is 5.88 Å². The number of carbonyl (C=O) groups excluding carboxylic acids is 1. The molecule has 0 amide bonds. The lowest BCUT2D eigenvalue weighted by atomic mass is 10.2. The molecule has 0 radical (unpaired) electrons. The predicted molar refractivity (Wildman–Crippen MR) is 89.9 cm³/mol. The summed E-state index contributed by atoms with van der Waals surface area (Å²) in [5.74, 6) is -0.0171. The molecule has 0 aliphatic carbocycles. The fraction of sp³-hybridized carbons (Fsp3) is 0.294. The minimum Gasteiger partial charge on any atom is -0.472 e. The molecule has 2 heterocycles. The van der Waals surface area contributed by atoms with Gasteiger partial charge in [0.15, 0.2) is 0 Å². The molecule has 0 atom stereocenters. The van der Waals surface area contributed by atoms with Crippen LogP contribution in [0.25, 0.3) is 0 Å². The topological polar surface area (TPSA) is 85.8 Å². The minimum atomic E-state index is -3.60. The van der Waals surface area contributed by atoms with Gasteiger partial charge in [-0.15, -0.1) is 0 Å². The molecule has 8 heteroatoms. The Balaban J connectivity index is 1.64. The van der Waals surface area contributed by atoms with Crippen LogP contribution in [-0.4, -0.2) is 50.0 Å². The number of hydrogen-bond donors (Lipinski definition) is 0. The predicted octanol–water partition coefficient (Wildman–Crippen LogP) is 1.63. The van der Waals surface area contributed by atoms with Crippen molar-refractivity contribution >= 4 is 16.0 Å². The molecule has 3 rings (SSSR count). The van der Waals surface area contributed by atoms with Gasteiger partial charge in [0.1, 0.15) is 6.10 Å². The molecule has 1 fully saturated rings. The lowest BCUT2D eigenvalue weighted by Gasteiger charge is -2.37. The Morgan fingerprint density at radius 3 is 2.44 bits per heavy atom. The molecule has 1 aliphatic heterocycles. The molecule has 0 spiro atoms. The highest BCUT2D eigenvalue weighted by molar-refractivity contribution is 7.89. The van der Waals surface area contributed by atoms with Crippen LogP contribution >= 0.6 is 0 Å². The molecular formula is C17H18N2O5S. The largest absolute Gasteiger partial charge is 0.472 e. The normalized spacial score (nSPS) is 15.4. The zero-order valence-electron chi connectivity index (χ0n) is 13.9. The molecule has 1 aromatic heterocycles. The van der Waals surface area contributed by atoms with Gasteiger partial charge in [0.05, 0.1) is 30.7 Å². The van der Waals surface area contributed by atoms with E-state index in [1.165, 1.54) is 35.7 Å². The molecule has 132 valence electrons. The molecule has 2 aromatic rings. The van der Waals surface area contributed by atoms with Crippen molar-refractivity contribution in [1.82, 2.24) is 9.29 Å². The summed E-state index contributed by atoms with van der Waals surface area (Å²) in [6, 6.07) is 11.1. The van der Waals surface area contributed by atoms with Gasteiger partial charge in [0.25, 0.3) is 0 Å². The van der Waals surface area contributed by atoms with E-state index in [1.807, 2.05) is 19.1 Å². The number of pyridine rings is 1. The Bertz CT molecular complexity index is 874. The molecule has 7 nitrogen and oxygen atoms in total. The maximum atomic E-state index is 12.6. The van der Waals surface area contributed by atoms with E-state index in [4.69, 9.17) is 4.74 Å². The van der Waals surface area contributed by atoms with E-state index in [0.717, 1.165) is 5.69 Å². The number of esters is 1. The average molecular weight is 362 g/mol. The first-order chi connectivity index (χ1) is 11.9. The first kappa shape index (κ1) is 17.4. The van der Waals surface area contributed by atoms with Gasteiger partial charge in [-0.3, -0.25) is 0 Å². The summed E-state index contributed by atoms with van der Waals surface area (Å²) >= 11 is 0. The van der Waals surface area contributed by atoms with E-state index < -0.39 is 16.0 Å². The van der Waals surface area contributed by atoms with Gasteiger partial charge in [0.2, 0.25) is 15.9 Å². The van der Waals surface area contributed by atoms with E-state index >= 15 is 0 Å². The standard InChI is InChI=1S/C17H18N2O5S/c1-12-4-3-5-16(18-12)24-14-10-19(11-14)25(21,22)15-8-6-13(7-9-15)17(20)23-2/h3-9,14H,10-11H2,1-2H3.